The number of rotatable bonds is 8. The Labute approximate surface area is 81.2 Å². The molecule has 1 N–H and O–H groups in total. The molecule has 0 aliphatic rings. The summed E-state index contributed by atoms with van der Waals surface area (Å²) < 4.78 is 10.1. The maximum atomic E-state index is 5.08. The van der Waals surface area contributed by atoms with Crippen LogP contribution in [0.4, 0.5) is 0 Å². The van der Waals surface area contributed by atoms with E-state index in [9.17, 15) is 0 Å². The fourth-order valence-corrected chi connectivity index (χ4v) is 1.14. The fraction of sp³-hybridized carbons (Fsp3) is 1.00. The second-order valence-electron chi connectivity index (χ2n) is 3.20. The zero-order valence-electron chi connectivity index (χ0n) is 9.17. The van der Waals surface area contributed by atoms with Gasteiger partial charge in [0.25, 0.3) is 0 Å². The van der Waals surface area contributed by atoms with Crippen molar-refractivity contribution >= 4 is 0 Å². The highest BCUT2D eigenvalue weighted by molar-refractivity contribution is 4.67. The summed E-state index contributed by atoms with van der Waals surface area (Å²) in [6.45, 7) is 3.46. The fourth-order valence-electron chi connectivity index (χ4n) is 1.14. The molecular formula is C9H22N2O2. The molecule has 0 aromatic rings. The molecule has 0 aliphatic carbocycles. The molecule has 0 rings (SSSR count). The zero-order valence-corrected chi connectivity index (χ0v) is 9.17. The van der Waals surface area contributed by atoms with Crippen LogP contribution in [0.25, 0.3) is 0 Å². The van der Waals surface area contributed by atoms with E-state index in [-0.39, 0.29) is 0 Å². The van der Waals surface area contributed by atoms with Gasteiger partial charge in [-0.2, -0.15) is 0 Å². The van der Waals surface area contributed by atoms with Gasteiger partial charge >= 0.3 is 0 Å². The van der Waals surface area contributed by atoms with E-state index in [0.29, 0.717) is 6.04 Å². The number of hydrogen-bond acceptors (Lipinski definition) is 4. The Morgan fingerprint density at radius 1 is 1.31 bits per heavy atom. The molecule has 0 spiro atoms. The molecule has 0 bridgehead atoms. The van der Waals surface area contributed by atoms with E-state index in [1.165, 1.54) is 0 Å². The highest BCUT2D eigenvalue weighted by Gasteiger charge is 2.08. The molecule has 4 heteroatoms. The SMILES string of the molecule is CNC(COC)CN(C)CCOC. The standard InChI is InChI=1S/C9H22N2O2/c1-10-9(8-13-4)7-11(2)5-6-12-3/h9-10H,5-8H2,1-4H3. The van der Waals surface area contributed by atoms with E-state index in [4.69, 9.17) is 9.47 Å². The number of likely N-dealkylation sites (N-methyl/N-ethyl adjacent to an activating group) is 2. The Balaban J connectivity index is 3.53. The lowest BCUT2D eigenvalue weighted by atomic mass is 10.3. The van der Waals surface area contributed by atoms with Gasteiger partial charge < -0.3 is 19.7 Å². The monoisotopic (exact) mass is 190 g/mol. The first-order valence-corrected chi connectivity index (χ1v) is 4.58. The van der Waals surface area contributed by atoms with Gasteiger partial charge in [0, 0.05) is 33.4 Å². The van der Waals surface area contributed by atoms with Crippen molar-refractivity contribution in [2.45, 2.75) is 6.04 Å². The highest BCUT2D eigenvalue weighted by atomic mass is 16.5. The van der Waals surface area contributed by atoms with E-state index >= 15 is 0 Å². The molecule has 0 saturated carbocycles. The van der Waals surface area contributed by atoms with Crippen LogP contribution in [-0.4, -0.2) is 65.6 Å². The van der Waals surface area contributed by atoms with Gasteiger partial charge in [0.2, 0.25) is 0 Å². The van der Waals surface area contributed by atoms with Crippen LogP contribution in [0.15, 0.2) is 0 Å². The van der Waals surface area contributed by atoms with Crippen molar-refractivity contribution in [3.63, 3.8) is 0 Å². The summed E-state index contributed by atoms with van der Waals surface area (Å²) in [5.74, 6) is 0. The average Bonchev–Trinajstić information content (AvgIpc) is 2.14. The molecule has 0 radical (unpaired) electrons. The van der Waals surface area contributed by atoms with E-state index in [1.807, 2.05) is 7.05 Å². The third-order valence-electron chi connectivity index (χ3n) is 1.99. The van der Waals surface area contributed by atoms with Crippen molar-refractivity contribution < 1.29 is 9.47 Å². The van der Waals surface area contributed by atoms with Gasteiger partial charge in [0.1, 0.15) is 0 Å². The van der Waals surface area contributed by atoms with E-state index in [1.54, 1.807) is 14.2 Å². The first-order chi connectivity index (χ1) is 6.24. The summed E-state index contributed by atoms with van der Waals surface area (Å²) in [4.78, 5) is 2.23. The number of ether oxygens (including phenoxy) is 2. The van der Waals surface area contributed by atoms with E-state index in [2.05, 4.69) is 17.3 Å². The molecule has 0 aliphatic heterocycles. The zero-order chi connectivity index (χ0) is 10.1. The Kier molecular flexibility index (Phi) is 8.33. The molecule has 4 nitrogen and oxygen atoms in total. The topological polar surface area (TPSA) is 33.7 Å². The Hall–Kier alpha value is -0.160. The minimum atomic E-state index is 0.395. The maximum absolute atomic E-state index is 5.08. The van der Waals surface area contributed by atoms with Gasteiger partial charge in [-0.1, -0.05) is 0 Å². The molecule has 0 fully saturated rings. The summed E-state index contributed by atoms with van der Waals surface area (Å²) in [6.07, 6.45) is 0. The van der Waals surface area contributed by atoms with Crippen LogP contribution in [0.2, 0.25) is 0 Å². The van der Waals surface area contributed by atoms with Gasteiger partial charge in [-0.15, -0.1) is 0 Å². The minimum Gasteiger partial charge on any atom is -0.383 e. The molecular weight excluding hydrogens is 168 g/mol. The largest absolute Gasteiger partial charge is 0.383 e. The molecule has 1 atom stereocenters. The quantitative estimate of drug-likeness (QED) is 0.575. The van der Waals surface area contributed by atoms with Crippen LogP contribution >= 0.6 is 0 Å². The number of methoxy groups -OCH3 is 2. The normalized spacial score (nSPS) is 13.6. The minimum absolute atomic E-state index is 0.395. The summed E-state index contributed by atoms with van der Waals surface area (Å²) in [7, 11) is 7.48. The van der Waals surface area contributed by atoms with Crippen molar-refractivity contribution in [1.82, 2.24) is 10.2 Å². The molecule has 80 valence electrons. The Bertz CT molecular complexity index is 112. The molecule has 0 amide bonds. The Morgan fingerprint density at radius 2 is 2.00 bits per heavy atom. The van der Waals surface area contributed by atoms with Crippen LogP contribution in [0.1, 0.15) is 0 Å². The van der Waals surface area contributed by atoms with E-state index < -0.39 is 0 Å². The van der Waals surface area contributed by atoms with Gasteiger partial charge in [0.05, 0.1) is 13.2 Å². The maximum Gasteiger partial charge on any atom is 0.0628 e. The van der Waals surface area contributed by atoms with E-state index in [0.717, 1.165) is 26.3 Å². The molecule has 0 heterocycles. The summed E-state index contributed by atoms with van der Waals surface area (Å²) in [5, 5.41) is 3.20. The Morgan fingerprint density at radius 3 is 2.46 bits per heavy atom. The third-order valence-corrected chi connectivity index (χ3v) is 1.99. The van der Waals surface area contributed by atoms with Gasteiger partial charge in [-0.25, -0.2) is 0 Å². The molecule has 0 aromatic heterocycles. The highest BCUT2D eigenvalue weighted by Crippen LogP contribution is 1.89. The summed E-state index contributed by atoms with van der Waals surface area (Å²) in [5.41, 5.74) is 0. The molecule has 13 heavy (non-hydrogen) atoms. The van der Waals surface area contributed by atoms with Crippen LogP contribution < -0.4 is 5.32 Å². The van der Waals surface area contributed by atoms with Crippen LogP contribution in [0, 0.1) is 0 Å². The lowest BCUT2D eigenvalue weighted by Crippen LogP contribution is -2.41. The third kappa shape index (κ3) is 6.95. The van der Waals surface area contributed by atoms with Crippen molar-refractivity contribution in [3.05, 3.63) is 0 Å². The van der Waals surface area contributed by atoms with Gasteiger partial charge in [0.15, 0.2) is 0 Å². The number of nitrogens with one attached hydrogen (secondary N) is 1. The van der Waals surface area contributed by atoms with Gasteiger partial charge in [-0.3, -0.25) is 0 Å². The predicted octanol–water partition coefficient (Wildman–Crippen LogP) is -0.201. The van der Waals surface area contributed by atoms with Crippen LogP contribution in [0.5, 0.6) is 0 Å². The average molecular weight is 190 g/mol. The van der Waals surface area contributed by atoms with Crippen molar-refractivity contribution in [2.24, 2.45) is 0 Å². The van der Waals surface area contributed by atoms with Crippen LogP contribution in [-0.2, 0) is 9.47 Å². The first-order valence-electron chi connectivity index (χ1n) is 4.58. The van der Waals surface area contributed by atoms with Crippen molar-refractivity contribution in [2.75, 3.05) is 54.6 Å². The summed E-state index contributed by atoms with van der Waals surface area (Å²) >= 11 is 0. The second-order valence-corrected chi connectivity index (χ2v) is 3.20. The van der Waals surface area contributed by atoms with Crippen molar-refractivity contribution in [1.29, 1.82) is 0 Å². The first kappa shape index (κ1) is 12.8. The van der Waals surface area contributed by atoms with Crippen LogP contribution in [0.3, 0.4) is 0 Å². The smallest absolute Gasteiger partial charge is 0.0628 e. The second kappa shape index (κ2) is 8.44. The number of nitrogens with zero attached hydrogens (tertiary/aromatic N) is 1. The molecule has 0 aromatic carbocycles. The predicted molar refractivity (Wildman–Crippen MR) is 54.1 cm³/mol. The number of hydrogen-bond donors (Lipinski definition) is 1. The van der Waals surface area contributed by atoms with Crippen molar-refractivity contribution in [3.8, 4) is 0 Å². The molecule has 0 saturated heterocycles. The lowest BCUT2D eigenvalue weighted by molar-refractivity contribution is 0.128. The lowest BCUT2D eigenvalue weighted by Gasteiger charge is -2.22. The van der Waals surface area contributed by atoms with Gasteiger partial charge in [-0.05, 0) is 14.1 Å². The molecule has 1 unspecified atom stereocenters. The summed E-state index contributed by atoms with van der Waals surface area (Å²) in [6, 6.07) is 0.395.